The molecular weight excluding hydrogens is 332 g/mol. The molecule has 2 aromatic rings. The van der Waals surface area contributed by atoms with Crippen LogP contribution in [0.3, 0.4) is 0 Å². The Morgan fingerprint density at radius 2 is 1.73 bits per heavy atom. The van der Waals surface area contributed by atoms with Gasteiger partial charge in [0.05, 0.1) is 11.7 Å². The number of aliphatic hydroxyl groups excluding tert-OH is 1. The lowest BCUT2D eigenvalue weighted by molar-refractivity contribution is -0.122. The summed E-state index contributed by atoms with van der Waals surface area (Å²) in [6.07, 6.45) is 1.67. The summed E-state index contributed by atoms with van der Waals surface area (Å²) in [4.78, 5) is 23.4. The summed E-state index contributed by atoms with van der Waals surface area (Å²) in [6.45, 7) is 0. The lowest BCUT2D eigenvalue weighted by Crippen LogP contribution is -2.30. The number of hydrogen-bond acceptors (Lipinski definition) is 4. The van der Waals surface area contributed by atoms with Crippen LogP contribution in [0.1, 0.15) is 27.9 Å². The van der Waals surface area contributed by atoms with E-state index in [1.807, 2.05) is 30.3 Å². The Bertz CT molecular complexity index is 762. The third-order valence-electron chi connectivity index (χ3n) is 4.24. The second kappa shape index (κ2) is 9.01. The molecule has 0 saturated carbocycles. The molecule has 2 aromatic carbocycles. The molecule has 137 valence electrons. The average Bonchev–Trinajstić information content (AvgIpc) is 2.60. The van der Waals surface area contributed by atoms with E-state index in [0.717, 1.165) is 5.56 Å². The fourth-order valence-electron chi connectivity index (χ4n) is 2.88. The molecule has 0 aliphatic rings. The number of rotatable bonds is 9. The van der Waals surface area contributed by atoms with Crippen molar-refractivity contribution in [2.24, 2.45) is 17.4 Å². The van der Waals surface area contributed by atoms with Gasteiger partial charge in [-0.15, -0.1) is 0 Å². The van der Waals surface area contributed by atoms with Crippen molar-refractivity contribution in [3.63, 3.8) is 0 Å². The van der Waals surface area contributed by atoms with Gasteiger partial charge in [-0.2, -0.15) is 0 Å². The summed E-state index contributed by atoms with van der Waals surface area (Å²) in [6, 6.07) is 14.1. The lowest BCUT2D eigenvalue weighted by atomic mass is 9.89. The minimum Gasteiger partial charge on any atom is -0.507 e. The monoisotopic (exact) mass is 355 g/mol. The minimum atomic E-state index is -0.831. The van der Waals surface area contributed by atoms with Crippen LogP contribution >= 0.6 is 0 Å². The zero-order valence-corrected chi connectivity index (χ0v) is 14.3. The van der Waals surface area contributed by atoms with Crippen LogP contribution in [0.4, 0.5) is 0 Å². The summed E-state index contributed by atoms with van der Waals surface area (Å²) in [5.74, 6) is -2.31. The van der Waals surface area contributed by atoms with Gasteiger partial charge in [-0.3, -0.25) is 9.59 Å². The van der Waals surface area contributed by atoms with Crippen molar-refractivity contribution >= 4 is 11.8 Å². The summed E-state index contributed by atoms with van der Waals surface area (Å²) in [5.41, 5.74) is 12.2. The van der Waals surface area contributed by atoms with Crippen LogP contribution in [-0.2, 0) is 17.6 Å². The predicted molar refractivity (Wildman–Crippen MR) is 98.1 cm³/mol. The quantitative estimate of drug-likeness (QED) is 0.541. The van der Waals surface area contributed by atoms with E-state index in [1.165, 1.54) is 6.07 Å². The predicted octanol–water partition coefficient (Wildman–Crippen LogP) is 1.33. The maximum absolute atomic E-state index is 11.8. The van der Waals surface area contributed by atoms with Gasteiger partial charge in [0.15, 0.2) is 0 Å². The van der Waals surface area contributed by atoms with E-state index in [9.17, 15) is 19.8 Å². The van der Waals surface area contributed by atoms with Crippen molar-refractivity contribution in [1.82, 2.24) is 0 Å². The summed E-state index contributed by atoms with van der Waals surface area (Å²) >= 11 is 0. The first-order valence-electron chi connectivity index (χ1n) is 8.33. The molecule has 1 radical (unpaired) electrons. The minimum absolute atomic E-state index is 0.0264. The molecule has 0 bridgehead atoms. The maximum Gasteiger partial charge on any atom is 0.252 e. The Morgan fingerprint density at radius 3 is 2.35 bits per heavy atom. The van der Waals surface area contributed by atoms with Gasteiger partial charge < -0.3 is 21.7 Å². The molecule has 0 saturated heterocycles. The highest BCUT2D eigenvalue weighted by Gasteiger charge is 2.23. The second-order valence-electron chi connectivity index (χ2n) is 6.21. The van der Waals surface area contributed by atoms with E-state index in [-0.39, 0.29) is 24.2 Å². The van der Waals surface area contributed by atoms with E-state index >= 15 is 0 Å². The maximum atomic E-state index is 11.8. The fraction of sp³-hybridized carbons (Fsp3) is 0.250. The number of aliphatic hydroxyl groups is 1. The first kappa shape index (κ1) is 19.5. The molecule has 2 rings (SSSR count). The van der Waals surface area contributed by atoms with E-state index < -0.39 is 23.8 Å². The highest BCUT2D eigenvalue weighted by Crippen LogP contribution is 2.25. The number of phenols is 1. The van der Waals surface area contributed by atoms with Crippen LogP contribution in [0.15, 0.2) is 48.5 Å². The van der Waals surface area contributed by atoms with Gasteiger partial charge >= 0.3 is 0 Å². The molecule has 6 heteroatoms. The van der Waals surface area contributed by atoms with Gasteiger partial charge in [-0.05, 0) is 42.9 Å². The molecule has 0 heterocycles. The van der Waals surface area contributed by atoms with E-state index in [2.05, 4.69) is 0 Å². The molecular formula is C20H23N2O4. The van der Waals surface area contributed by atoms with Crippen molar-refractivity contribution in [3.05, 3.63) is 71.6 Å². The first-order chi connectivity index (χ1) is 12.4. The summed E-state index contributed by atoms with van der Waals surface area (Å²) in [7, 11) is 0. The van der Waals surface area contributed by atoms with Crippen molar-refractivity contribution in [2.75, 3.05) is 0 Å². The van der Waals surface area contributed by atoms with E-state index in [1.54, 1.807) is 18.6 Å². The molecule has 0 aliphatic heterocycles. The largest absolute Gasteiger partial charge is 0.507 e. The summed E-state index contributed by atoms with van der Waals surface area (Å²) < 4.78 is 0. The topological polar surface area (TPSA) is 127 Å². The van der Waals surface area contributed by atoms with E-state index in [4.69, 9.17) is 11.5 Å². The average molecular weight is 355 g/mol. The van der Waals surface area contributed by atoms with Crippen molar-refractivity contribution < 1.29 is 19.8 Å². The van der Waals surface area contributed by atoms with Gasteiger partial charge in [0, 0.05) is 5.92 Å². The molecule has 2 unspecified atom stereocenters. The Labute approximate surface area is 152 Å². The zero-order valence-electron chi connectivity index (χ0n) is 14.3. The third-order valence-corrected chi connectivity index (χ3v) is 4.24. The van der Waals surface area contributed by atoms with Crippen LogP contribution in [0.2, 0.25) is 0 Å². The number of primary amides is 2. The normalized spacial score (nSPS) is 13.1. The molecule has 2 atom stereocenters. The van der Waals surface area contributed by atoms with Gasteiger partial charge in [0.2, 0.25) is 5.91 Å². The molecule has 2 amide bonds. The van der Waals surface area contributed by atoms with Gasteiger partial charge in [0.25, 0.3) is 5.91 Å². The highest BCUT2D eigenvalue weighted by atomic mass is 16.3. The van der Waals surface area contributed by atoms with Crippen molar-refractivity contribution in [2.45, 2.75) is 25.4 Å². The number of benzene rings is 2. The second-order valence-corrected chi connectivity index (χ2v) is 6.21. The molecule has 0 fully saturated rings. The molecule has 6 N–H and O–H groups in total. The number of amides is 2. The number of carbonyl (C=O) groups is 2. The van der Waals surface area contributed by atoms with Crippen LogP contribution < -0.4 is 11.5 Å². The molecule has 0 spiro atoms. The first-order valence-corrected chi connectivity index (χ1v) is 8.33. The Kier molecular flexibility index (Phi) is 6.74. The highest BCUT2D eigenvalue weighted by molar-refractivity contribution is 5.97. The summed E-state index contributed by atoms with van der Waals surface area (Å²) in [5, 5.41) is 20.1. The third kappa shape index (κ3) is 5.32. The standard InChI is InChI=1S/C20H23N2O4/c21-19(25)15(11-14-7-4-8-17(24)18(14)20(22)26)12-16(23)10-9-13-5-2-1-3-6-13/h1-8,10,15-16,23-24H,9,11-12H2,(H2,21,25)(H2,22,26). The Hall–Kier alpha value is -2.86. The SMILES string of the molecule is NC(=O)c1c(O)cccc1CC(CC(O)[CH]Cc1ccccc1)C(N)=O. The van der Waals surface area contributed by atoms with Crippen LogP contribution in [0.5, 0.6) is 5.75 Å². The number of aromatic hydroxyl groups is 1. The number of nitrogens with two attached hydrogens (primary N) is 2. The molecule has 6 nitrogen and oxygen atoms in total. The molecule has 0 aromatic heterocycles. The number of carbonyl (C=O) groups excluding carboxylic acids is 2. The molecule has 0 aliphatic carbocycles. The Balaban J connectivity index is 2.04. The fourth-order valence-corrected chi connectivity index (χ4v) is 2.88. The Morgan fingerprint density at radius 1 is 1.04 bits per heavy atom. The van der Waals surface area contributed by atoms with Gasteiger partial charge in [0.1, 0.15) is 5.75 Å². The van der Waals surface area contributed by atoms with Crippen LogP contribution in [0.25, 0.3) is 0 Å². The van der Waals surface area contributed by atoms with E-state index in [0.29, 0.717) is 12.0 Å². The van der Waals surface area contributed by atoms with Gasteiger partial charge in [-0.25, -0.2) is 0 Å². The van der Waals surface area contributed by atoms with Crippen molar-refractivity contribution in [1.29, 1.82) is 0 Å². The smallest absolute Gasteiger partial charge is 0.252 e. The molecule has 26 heavy (non-hydrogen) atoms. The van der Waals surface area contributed by atoms with Crippen molar-refractivity contribution in [3.8, 4) is 5.75 Å². The van der Waals surface area contributed by atoms with Crippen LogP contribution in [0, 0.1) is 12.3 Å². The lowest BCUT2D eigenvalue weighted by Gasteiger charge is -2.19. The number of hydrogen-bond donors (Lipinski definition) is 4. The van der Waals surface area contributed by atoms with Crippen LogP contribution in [-0.4, -0.2) is 28.1 Å². The van der Waals surface area contributed by atoms with Gasteiger partial charge in [-0.1, -0.05) is 42.5 Å². The zero-order chi connectivity index (χ0) is 19.1.